The standard InChI is InChI=1S/C31H24N2/c1-31(2,3)33-25-10-7-17-32-30(25)29-24-16-12-20-11-14-22(19-8-5-4-6-9-19)23-15-13-21(18-26(29)33)28(24)27(20)23/h4-18H,1-3H3. The number of aromatic nitrogens is 2. The first-order valence-electron chi connectivity index (χ1n) is 11.6. The minimum Gasteiger partial charge on any atom is -0.334 e. The van der Waals surface area contributed by atoms with Crippen LogP contribution in [0.1, 0.15) is 20.8 Å². The second-order valence-corrected chi connectivity index (χ2v) is 10.0. The molecule has 2 nitrogen and oxygen atoms in total. The van der Waals surface area contributed by atoms with Crippen LogP contribution in [-0.2, 0) is 5.54 Å². The van der Waals surface area contributed by atoms with Gasteiger partial charge in [0.1, 0.15) is 0 Å². The summed E-state index contributed by atoms with van der Waals surface area (Å²) in [6.45, 7) is 6.82. The summed E-state index contributed by atoms with van der Waals surface area (Å²) in [5.41, 5.74) is 6.03. The fourth-order valence-electron chi connectivity index (χ4n) is 5.78. The highest BCUT2D eigenvalue weighted by atomic mass is 15.1. The van der Waals surface area contributed by atoms with Crippen molar-refractivity contribution < 1.29 is 0 Å². The Labute approximate surface area is 192 Å². The molecule has 0 radical (unpaired) electrons. The van der Waals surface area contributed by atoms with Gasteiger partial charge < -0.3 is 4.57 Å². The summed E-state index contributed by atoms with van der Waals surface area (Å²) in [5.74, 6) is 0. The predicted octanol–water partition coefficient (Wildman–Crippen LogP) is 8.51. The van der Waals surface area contributed by atoms with Crippen molar-refractivity contribution in [2.45, 2.75) is 26.3 Å². The molecule has 2 aromatic heterocycles. The average Bonchev–Trinajstić information content (AvgIpc) is 3.17. The molecule has 0 atom stereocenters. The summed E-state index contributed by atoms with van der Waals surface area (Å²) >= 11 is 0. The SMILES string of the molecule is CC(C)(C)n1c2cccnc2c2c3ccc4ccc(-c5ccccc5)c5ccc(cc21)c3c45. The molecule has 0 saturated heterocycles. The van der Waals surface area contributed by atoms with Crippen molar-refractivity contribution in [1.29, 1.82) is 0 Å². The van der Waals surface area contributed by atoms with E-state index in [0.717, 1.165) is 5.52 Å². The fourth-order valence-corrected chi connectivity index (χ4v) is 5.78. The third kappa shape index (κ3) is 2.46. The summed E-state index contributed by atoms with van der Waals surface area (Å²) in [6, 6.07) is 31.0. The quantitative estimate of drug-likeness (QED) is 0.242. The van der Waals surface area contributed by atoms with Gasteiger partial charge in [-0.3, -0.25) is 4.98 Å². The van der Waals surface area contributed by atoms with Gasteiger partial charge >= 0.3 is 0 Å². The van der Waals surface area contributed by atoms with Gasteiger partial charge in [0.25, 0.3) is 0 Å². The Hall–Kier alpha value is -3.91. The van der Waals surface area contributed by atoms with E-state index in [1.807, 2.05) is 12.3 Å². The predicted molar refractivity (Wildman–Crippen MR) is 141 cm³/mol. The van der Waals surface area contributed by atoms with Crippen LogP contribution in [0, 0.1) is 0 Å². The first-order chi connectivity index (χ1) is 16.0. The molecule has 7 rings (SSSR count). The lowest BCUT2D eigenvalue weighted by molar-refractivity contribution is 0.423. The minimum absolute atomic E-state index is 0.0513. The van der Waals surface area contributed by atoms with Crippen molar-refractivity contribution in [1.82, 2.24) is 9.55 Å². The molecule has 0 aliphatic carbocycles. The van der Waals surface area contributed by atoms with E-state index in [1.165, 1.54) is 59.9 Å². The van der Waals surface area contributed by atoms with Crippen molar-refractivity contribution >= 4 is 54.3 Å². The Morgan fingerprint density at radius 1 is 0.636 bits per heavy atom. The van der Waals surface area contributed by atoms with Gasteiger partial charge in [-0.25, -0.2) is 0 Å². The van der Waals surface area contributed by atoms with Crippen LogP contribution < -0.4 is 0 Å². The zero-order valence-corrected chi connectivity index (χ0v) is 19.1. The van der Waals surface area contributed by atoms with Crippen molar-refractivity contribution in [3.63, 3.8) is 0 Å². The molecule has 2 heteroatoms. The van der Waals surface area contributed by atoms with E-state index in [2.05, 4.69) is 104 Å². The fraction of sp³-hybridized carbons (Fsp3) is 0.129. The van der Waals surface area contributed by atoms with E-state index in [-0.39, 0.29) is 5.54 Å². The van der Waals surface area contributed by atoms with E-state index >= 15 is 0 Å². The van der Waals surface area contributed by atoms with Crippen LogP contribution in [0.5, 0.6) is 0 Å². The van der Waals surface area contributed by atoms with Crippen molar-refractivity contribution in [3.05, 3.63) is 91.1 Å². The first kappa shape index (κ1) is 18.6. The van der Waals surface area contributed by atoms with Gasteiger partial charge in [0.15, 0.2) is 0 Å². The smallest absolute Gasteiger partial charge is 0.0966 e. The molecule has 5 aromatic carbocycles. The molecule has 0 amide bonds. The van der Waals surface area contributed by atoms with Crippen molar-refractivity contribution in [2.24, 2.45) is 0 Å². The number of nitrogens with zero attached hydrogens (tertiary/aromatic N) is 2. The molecule has 7 aromatic rings. The van der Waals surface area contributed by atoms with Gasteiger partial charge in [-0.05, 0) is 82.4 Å². The van der Waals surface area contributed by atoms with Gasteiger partial charge in [-0.15, -0.1) is 0 Å². The highest BCUT2D eigenvalue weighted by Gasteiger charge is 2.24. The van der Waals surface area contributed by atoms with Gasteiger partial charge in [0.2, 0.25) is 0 Å². The lowest BCUT2D eigenvalue weighted by atomic mass is 9.89. The highest BCUT2D eigenvalue weighted by Crippen LogP contribution is 2.44. The normalized spacial score (nSPS) is 12.7. The summed E-state index contributed by atoms with van der Waals surface area (Å²) in [5, 5.41) is 9.12. The lowest BCUT2D eigenvalue weighted by Gasteiger charge is -2.24. The average molecular weight is 425 g/mol. The molecule has 0 bridgehead atoms. The summed E-state index contributed by atoms with van der Waals surface area (Å²) in [7, 11) is 0. The summed E-state index contributed by atoms with van der Waals surface area (Å²) in [6.07, 6.45) is 1.92. The molecule has 0 aliphatic heterocycles. The Bertz CT molecular complexity index is 1830. The maximum atomic E-state index is 4.87. The molecular weight excluding hydrogens is 400 g/mol. The molecule has 0 fully saturated rings. The van der Waals surface area contributed by atoms with E-state index in [1.54, 1.807) is 0 Å². The third-order valence-corrected chi connectivity index (χ3v) is 7.02. The zero-order chi connectivity index (χ0) is 22.3. The molecule has 33 heavy (non-hydrogen) atoms. The number of hydrogen-bond donors (Lipinski definition) is 0. The Morgan fingerprint density at radius 2 is 1.36 bits per heavy atom. The van der Waals surface area contributed by atoms with Gasteiger partial charge in [-0.1, -0.05) is 66.7 Å². The van der Waals surface area contributed by atoms with Gasteiger partial charge in [0.05, 0.1) is 16.6 Å². The van der Waals surface area contributed by atoms with Gasteiger partial charge in [-0.2, -0.15) is 0 Å². The molecule has 0 saturated carbocycles. The highest BCUT2D eigenvalue weighted by molar-refractivity contribution is 6.33. The number of benzene rings is 5. The largest absolute Gasteiger partial charge is 0.334 e. The second-order valence-electron chi connectivity index (χ2n) is 10.0. The van der Waals surface area contributed by atoms with Crippen LogP contribution in [0.4, 0.5) is 0 Å². The molecule has 2 heterocycles. The molecule has 0 N–H and O–H groups in total. The first-order valence-corrected chi connectivity index (χ1v) is 11.6. The van der Waals surface area contributed by atoms with E-state index in [4.69, 9.17) is 4.98 Å². The number of hydrogen-bond acceptors (Lipinski definition) is 1. The Morgan fingerprint density at radius 3 is 2.18 bits per heavy atom. The van der Waals surface area contributed by atoms with Crippen molar-refractivity contribution in [3.8, 4) is 11.1 Å². The monoisotopic (exact) mass is 424 g/mol. The number of pyridine rings is 1. The lowest BCUT2D eigenvalue weighted by Crippen LogP contribution is -2.21. The zero-order valence-electron chi connectivity index (χ0n) is 19.1. The maximum absolute atomic E-state index is 4.87. The molecule has 0 unspecified atom stereocenters. The van der Waals surface area contributed by atoms with Crippen LogP contribution in [0.3, 0.4) is 0 Å². The molecule has 158 valence electrons. The van der Waals surface area contributed by atoms with E-state index < -0.39 is 0 Å². The van der Waals surface area contributed by atoms with E-state index in [0.29, 0.717) is 0 Å². The number of fused-ring (bicyclic) bond motifs is 4. The maximum Gasteiger partial charge on any atom is 0.0966 e. The molecule has 0 aliphatic rings. The van der Waals surface area contributed by atoms with Crippen LogP contribution >= 0.6 is 0 Å². The second kappa shape index (κ2) is 6.32. The van der Waals surface area contributed by atoms with Crippen LogP contribution in [0.25, 0.3) is 65.4 Å². The summed E-state index contributed by atoms with van der Waals surface area (Å²) in [4.78, 5) is 4.87. The Balaban J connectivity index is 1.73. The van der Waals surface area contributed by atoms with Crippen LogP contribution in [0.2, 0.25) is 0 Å². The Kier molecular flexibility index (Phi) is 3.57. The summed E-state index contributed by atoms with van der Waals surface area (Å²) < 4.78 is 2.45. The van der Waals surface area contributed by atoms with Crippen LogP contribution in [0.15, 0.2) is 91.1 Å². The van der Waals surface area contributed by atoms with Gasteiger partial charge in [0, 0.05) is 17.1 Å². The third-order valence-electron chi connectivity index (χ3n) is 7.02. The topological polar surface area (TPSA) is 17.8 Å². The minimum atomic E-state index is -0.0513. The van der Waals surface area contributed by atoms with Crippen molar-refractivity contribution in [2.75, 3.05) is 0 Å². The van der Waals surface area contributed by atoms with E-state index in [9.17, 15) is 0 Å². The molecule has 0 spiro atoms. The molecular formula is C31H24N2. The van der Waals surface area contributed by atoms with Crippen LogP contribution in [-0.4, -0.2) is 9.55 Å². The number of rotatable bonds is 1.